The molecule has 0 bridgehead atoms. The summed E-state index contributed by atoms with van der Waals surface area (Å²) in [4.78, 5) is 14.4. The average Bonchev–Trinajstić information content (AvgIpc) is 2.70. The largest absolute Gasteiger partial charge is 0.507 e. The maximum Gasteiger partial charge on any atom is 0.450 e. The van der Waals surface area contributed by atoms with Gasteiger partial charge in [-0.05, 0) is 31.0 Å². The number of phenols is 1. The SMILES string of the molecule is C[C@@H]1CCC[NH+](Cc2c(O)ccc3c(=O)c(-c4ccccc4Cl)c(C(F)(F)F)oc23)C1. The number of halogens is 4. The van der Waals surface area contributed by atoms with E-state index in [9.17, 15) is 23.1 Å². The van der Waals surface area contributed by atoms with E-state index in [0.717, 1.165) is 30.8 Å². The van der Waals surface area contributed by atoms with Crippen molar-refractivity contribution in [1.82, 2.24) is 0 Å². The highest BCUT2D eigenvalue weighted by molar-refractivity contribution is 6.33. The highest BCUT2D eigenvalue weighted by Gasteiger charge is 2.40. The van der Waals surface area contributed by atoms with Gasteiger partial charge < -0.3 is 14.4 Å². The molecule has 2 atom stereocenters. The summed E-state index contributed by atoms with van der Waals surface area (Å²) in [7, 11) is 0. The molecule has 1 saturated heterocycles. The molecular formula is C23H22ClF3NO3+. The fourth-order valence-corrected chi connectivity index (χ4v) is 4.62. The Morgan fingerprint density at radius 1 is 1.23 bits per heavy atom. The van der Waals surface area contributed by atoms with Crippen molar-refractivity contribution in [2.24, 2.45) is 5.92 Å². The molecule has 2 N–H and O–H groups in total. The van der Waals surface area contributed by atoms with Gasteiger partial charge in [-0.15, -0.1) is 0 Å². The lowest BCUT2D eigenvalue weighted by molar-refractivity contribution is -0.922. The van der Waals surface area contributed by atoms with Crippen LogP contribution < -0.4 is 10.3 Å². The fourth-order valence-electron chi connectivity index (χ4n) is 4.39. The zero-order valence-corrected chi connectivity index (χ0v) is 17.6. The minimum absolute atomic E-state index is 0.0137. The number of piperidine rings is 1. The van der Waals surface area contributed by atoms with Crippen LogP contribution >= 0.6 is 11.6 Å². The molecule has 0 spiro atoms. The van der Waals surface area contributed by atoms with Crippen LogP contribution in [0.15, 0.2) is 45.6 Å². The molecule has 1 fully saturated rings. The predicted molar refractivity (Wildman–Crippen MR) is 112 cm³/mol. The van der Waals surface area contributed by atoms with Gasteiger partial charge in [0, 0.05) is 16.5 Å². The van der Waals surface area contributed by atoms with Crippen molar-refractivity contribution in [3.8, 4) is 16.9 Å². The smallest absolute Gasteiger partial charge is 0.450 e. The van der Waals surface area contributed by atoms with Crippen molar-refractivity contribution in [1.29, 1.82) is 0 Å². The first-order chi connectivity index (χ1) is 14.7. The summed E-state index contributed by atoms with van der Waals surface area (Å²) < 4.78 is 47.3. The monoisotopic (exact) mass is 452 g/mol. The van der Waals surface area contributed by atoms with Crippen molar-refractivity contribution >= 4 is 22.6 Å². The normalized spacial score (nSPS) is 19.6. The van der Waals surface area contributed by atoms with Crippen LogP contribution in [0.5, 0.6) is 5.75 Å². The number of phenolic OH excluding ortho intramolecular Hbond substituents is 1. The predicted octanol–water partition coefficient (Wildman–Crippen LogP) is 4.65. The van der Waals surface area contributed by atoms with Crippen molar-refractivity contribution in [2.45, 2.75) is 32.5 Å². The molecular weight excluding hydrogens is 431 g/mol. The highest BCUT2D eigenvalue weighted by atomic mass is 35.5. The Labute approximate surface area is 181 Å². The van der Waals surface area contributed by atoms with Crippen molar-refractivity contribution in [2.75, 3.05) is 13.1 Å². The second-order valence-electron chi connectivity index (χ2n) is 8.18. The summed E-state index contributed by atoms with van der Waals surface area (Å²) in [5.41, 5.74) is -1.50. The number of quaternary nitrogens is 1. The Hall–Kier alpha value is -2.51. The summed E-state index contributed by atoms with van der Waals surface area (Å²) >= 11 is 6.11. The lowest BCUT2D eigenvalue weighted by Gasteiger charge is -2.28. The molecule has 1 aliphatic rings. The van der Waals surface area contributed by atoms with Crippen LogP contribution in [-0.4, -0.2) is 18.2 Å². The van der Waals surface area contributed by atoms with Crippen LogP contribution in [0.4, 0.5) is 13.2 Å². The van der Waals surface area contributed by atoms with Gasteiger partial charge in [0.2, 0.25) is 11.2 Å². The molecule has 3 aromatic rings. The molecule has 0 aliphatic carbocycles. The maximum absolute atomic E-state index is 14.0. The summed E-state index contributed by atoms with van der Waals surface area (Å²) in [5.74, 6) is -1.11. The standard InChI is InChI=1S/C23H21ClF3NO3/c1-13-5-4-10-28(11-13)12-16-18(29)9-8-15-20(30)19(14-6-2-3-7-17(14)24)22(23(25,26)27)31-21(15)16/h2-3,6-9,13,29H,4-5,10-12H2,1H3/p+1/t13-/m1/s1. The first-order valence-electron chi connectivity index (χ1n) is 10.1. The second kappa shape index (κ2) is 8.20. The van der Waals surface area contributed by atoms with E-state index in [-0.39, 0.29) is 39.4 Å². The van der Waals surface area contributed by atoms with E-state index in [0.29, 0.717) is 5.92 Å². The van der Waals surface area contributed by atoms with Crippen LogP contribution in [-0.2, 0) is 12.7 Å². The molecule has 4 rings (SSSR count). The van der Waals surface area contributed by atoms with E-state index in [4.69, 9.17) is 16.0 Å². The molecule has 0 amide bonds. The summed E-state index contributed by atoms with van der Waals surface area (Å²) in [5, 5.41) is 10.4. The zero-order chi connectivity index (χ0) is 22.3. The van der Waals surface area contributed by atoms with E-state index < -0.39 is 22.9 Å². The molecule has 1 aromatic heterocycles. The summed E-state index contributed by atoms with van der Waals surface area (Å²) in [6.45, 7) is 4.08. The maximum atomic E-state index is 14.0. The van der Waals surface area contributed by atoms with Crippen LogP contribution in [0.1, 0.15) is 31.1 Å². The number of hydrogen-bond acceptors (Lipinski definition) is 3. The minimum atomic E-state index is -4.92. The van der Waals surface area contributed by atoms with Crippen molar-refractivity contribution < 1.29 is 27.6 Å². The van der Waals surface area contributed by atoms with Gasteiger partial charge in [-0.1, -0.05) is 36.7 Å². The Morgan fingerprint density at radius 3 is 2.65 bits per heavy atom. The molecule has 4 nitrogen and oxygen atoms in total. The topological polar surface area (TPSA) is 54.9 Å². The van der Waals surface area contributed by atoms with Gasteiger partial charge in [0.25, 0.3) is 0 Å². The Bertz CT molecular complexity index is 1190. The number of aromatic hydroxyl groups is 1. The first-order valence-corrected chi connectivity index (χ1v) is 10.5. The molecule has 2 aromatic carbocycles. The van der Waals surface area contributed by atoms with Crippen molar-refractivity contribution in [3.05, 3.63) is 63.0 Å². The third kappa shape index (κ3) is 4.16. The fraction of sp³-hybridized carbons (Fsp3) is 0.348. The van der Waals surface area contributed by atoms with E-state index in [1.165, 1.54) is 30.3 Å². The van der Waals surface area contributed by atoms with Gasteiger partial charge in [0.15, 0.2) is 5.58 Å². The van der Waals surface area contributed by atoms with Crippen LogP contribution in [0.3, 0.4) is 0 Å². The van der Waals surface area contributed by atoms with Gasteiger partial charge in [-0.25, -0.2) is 0 Å². The second-order valence-corrected chi connectivity index (χ2v) is 8.59. The quantitative estimate of drug-likeness (QED) is 0.608. The lowest BCUT2D eigenvalue weighted by Crippen LogP contribution is -3.12. The summed E-state index contributed by atoms with van der Waals surface area (Å²) in [6.07, 6.45) is -2.83. The number of fused-ring (bicyclic) bond motifs is 1. The molecule has 1 unspecified atom stereocenters. The number of likely N-dealkylation sites (tertiary alicyclic amines) is 1. The molecule has 2 heterocycles. The van der Waals surface area contributed by atoms with E-state index in [2.05, 4.69) is 6.92 Å². The van der Waals surface area contributed by atoms with Crippen LogP contribution in [0, 0.1) is 5.92 Å². The molecule has 0 saturated carbocycles. The van der Waals surface area contributed by atoms with E-state index >= 15 is 0 Å². The number of nitrogens with one attached hydrogen (secondary N) is 1. The number of benzene rings is 2. The molecule has 8 heteroatoms. The Balaban J connectivity index is 1.97. The van der Waals surface area contributed by atoms with Gasteiger partial charge in [0.1, 0.15) is 12.3 Å². The van der Waals surface area contributed by atoms with Gasteiger partial charge in [-0.3, -0.25) is 4.79 Å². The third-order valence-electron chi connectivity index (χ3n) is 5.83. The van der Waals surface area contributed by atoms with Gasteiger partial charge in [-0.2, -0.15) is 13.2 Å². The number of hydrogen-bond donors (Lipinski definition) is 2. The Kier molecular flexibility index (Phi) is 5.75. The third-order valence-corrected chi connectivity index (χ3v) is 6.16. The van der Waals surface area contributed by atoms with Crippen LogP contribution in [0.2, 0.25) is 5.02 Å². The molecule has 31 heavy (non-hydrogen) atoms. The highest BCUT2D eigenvalue weighted by Crippen LogP contribution is 2.40. The molecule has 164 valence electrons. The zero-order valence-electron chi connectivity index (χ0n) is 16.9. The van der Waals surface area contributed by atoms with Gasteiger partial charge in [0.05, 0.1) is 29.6 Å². The minimum Gasteiger partial charge on any atom is -0.507 e. The lowest BCUT2D eigenvalue weighted by atomic mass is 9.98. The van der Waals surface area contributed by atoms with E-state index in [1.54, 1.807) is 6.07 Å². The average molecular weight is 453 g/mol. The first kappa shape index (κ1) is 21.7. The number of alkyl halides is 3. The number of rotatable bonds is 3. The van der Waals surface area contributed by atoms with E-state index in [1.807, 2.05) is 0 Å². The van der Waals surface area contributed by atoms with Crippen molar-refractivity contribution in [3.63, 3.8) is 0 Å². The Morgan fingerprint density at radius 2 is 1.97 bits per heavy atom. The molecule has 1 aliphatic heterocycles. The van der Waals surface area contributed by atoms with Crippen LogP contribution in [0.25, 0.3) is 22.1 Å². The molecule has 0 radical (unpaired) electrons. The summed E-state index contributed by atoms with van der Waals surface area (Å²) in [6, 6.07) is 8.49. The van der Waals surface area contributed by atoms with Gasteiger partial charge >= 0.3 is 6.18 Å².